The summed E-state index contributed by atoms with van der Waals surface area (Å²) in [7, 11) is 3.71. The molecule has 3 heteroatoms. The largest absolute Gasteiger partial charge is 0.347 e. The predicted octanol–water partition coefficient (Wildman–Crippen LogP) is 8.66. The van der Waals surface area contributed by atoms with E-state index in [9.17, 15) is 4.79 Å². The van der Waals surface area contributed by atoms with E-state index in [-0.39, 0.29) is 11.9 Å². The molecule has 1 amide bonds. The van der Waals surface area contributed by atoms with E-state index >= 15 is 0 Å². The number of hydrogen-bond donors (Lipinski definition) is 1. The Balaban J connectivity index is 1.94. The molecule has 0 aromatic heterocycles. The van der Waals surface area contributed by atoms with Crippen LogP contribution >= 0.6 is 0 Å². The number of carbonyl (C=O) groups is 1. The van der Waals surface area contributed by atoms with Crippen molar-refractivity contribution < 1.29 is 4.79 Å². The van der Waals surface area contributed by atoms with Gasteiger partial charge in [0.05, 0.1) is 6.04 Å². The zero-order chi connectivity index (χ0) is 24.7. The highest BCUT2D eigenvalue weighted by atomic mass is 16.2. The molecule has 0 aliphatic rings. The quantitative estimate of drug-likeness (QED) is 0.162. The number of benzene rings is 1. The van der Waals surface area contributed by atoms with Crippen molar-refractivity contribution in [3.63, 3.8) is 0 Å². The maximum atomic E-state index is 12.5. The van der Waals surface area contributed by atoms with E-state index < -0.39 is 0 Å². The van der Waals surface area contributed by atoms with E-state index in [0.717, 1.165) is 19.4 Å². The molecular formula is C31H56N2O. The van der Waals surface area contributed by atoms with Gasteiger partial charge in [-0.2, -0.15) is 0 Å². The highest BCUT2D eigenvalue weighted by Crippen LogP contribution is 2.15. The summed E-state index contributed by atoms with van der Waals surface area (Å²) in [5.41, 5.74) is 1.23. The molecule has 1 atom stereocenters. The van der Waals surface area contributed by atoms with Crippen LogP contribution < -0.4 is 5.32 Å². The lowest BCUT2D eigenvalue weighted by Gasteiger charge is -2.22. The second-order valence-corrected chi connectivity index (χ2v) is 10.5. The van der Waals surface area contributed by atoms with Crippen molar-refractivity contribution in [1.29, 1.82) is 0 Å². The minimum atomic E-state index is -0.0729. The number of hydrogen-bond acceptors (Lipinski definition) is 2. The van der Waals surface area contributed by atoms with Crippen molar-refractivity contribution in [3.8, 4) is 0 Å². The fourth-order valence-electron chi connectivity index (χ4n) is 4.71. The Kier molecular flexibility index (Phi) is 20.0. The van der Waals surface area contributed by atoms with Gasteiger partial charge in [0.2, 0.25) is 5.91 Å². The molecule has 3 nitrogen and oxygen atoms in total. The van der Waals surface area contributed by atoms with Crippen LogP contribution in [0.1, 0.15) is 134 Å². The van der Waals surface area contributed by atoms with Crippen molar-refractivity contribution in [3.05, 3.63) is 35.9 Å². The molecule has 0 aliphatic carbocycles. The molecule has 0 saturated carbocycles. The summed E-state index contributed by atoms with van der Waals surface area (Å²) >= 11 is 0. The molecule has 0 spiro atoms. The Hall–Kier alpha value is -1.35. The van der Waals surface area contributed by atoms with Gasteiger partial charge in [-0.1, -0.05) is 153 Å². The van der Waals surface area contributed by atoms with Gasteiger partial charge in [0.25, 0.3) is 0 Å². The van der Waals surface area contributed by atoms with E-state index in [1.807, 2.05) is 20.2 Å². The van der Waals surface area contributed by atoms with Gasteiger partial charge < -0.3 is 10.2 Å². The average molecular weight is 473 g/mol. The van der Waals surface area contributed by atoms with Crippen LogP contribution in [0, 0.1) is 0 Å². The fraction of sp³-hybridized carbons (Fsp3) is 0.774. The van der Waals surface area contributed by atoms with Crippen molar-refractivity contribution in [2.45, 2.75) is 142 Å². The van der Waals surface area contributed by atoms with Gasteiger partial charge in [-0.05, 0) is 12.0 Å². The third-order valence-electron chi connectivity index (χ3n) is 6.98. The Labute approximate surface area is 212 Å². The zero-order valence-corrected chi connectivity index (χ0v) is 23.0. The second-order valence-electron chi connectivity index (χ2n) is 10.5. The van der Waals surface area contributed by atoms with Gasteiger partial charge in [0, 0.05) is 20.6 Å². The molecule has 1 unspecified atom stereocenters. The van der Waals surface area contributed by atoms with Crippen LogP contribution in [0.2, 0.25) is 0 Å². The first-order chi connectivity index (χ1) is 16.6. The van der Waals surface area contributed by atoms with Gasteiger partial charge in [-0.25, -0.2) is 0 Å². The van der Waals surface area contributed by atoms with Crippen LogP contribution in [0.4, 0.5) is 0 Å². The molecule has 0 bridgehead atoms. The number of rotatable bonds is 23. The Bertz CT molecular complexity index is 572. The fourth-order valence-corrected chi connectivity index (χ4v) is 4.71. The van der Waals surface area contributed by atoms with E-state index in [1.165, 1.54) is 115 Å². The Morgan fingerprint density at radius 1 is 0.676 bits per heavy atom. The Morgan fingerprint density at radius 2 is 1.09 bits per heavy atom. The summed E-state index contributed by atoms with van der Waals surface area (Å²) in [6.45, 7) is 3.05. The van der Waals surface area contributed by atoms with Crippen LogP contribution in [0.5, 0.6) is 0 Å². The third-order valence-corrected chi connectivity index (χ3v) is 6.98. The number of amides is 1. The molecule has 0 heterocycles. The lowest BCUT2D eigenvalue weighted by atomic mass is 10.0. The number of carbonyl (C=O) groups excluding carboxylic acids is 1. The Morgan fingerprint density at radius 3 is 1.50 bits per heavy atom. The number of nitrogens with one attached hydrogen (secondary N) is 1. The minimum Gasteiger partial charge on any atom is -0.347 e. The third kappa shape index (κ3) is 17.1. The first-order valence-electron chi connectivity index (χ1n) is 14.6. The van der Waals surface area contributed by atoms with Crippen LogP contribution in [-0.2, 0) is 11.3 Å². The summed E-state index contributed by atoms with van der Waals surface area (Å²) in [4.78, 5) is 14.3. The normalized spacial score (nSPS) is 12.1. The molecule has 1 rings (SSSR count). The standard InChI is InChI=1S/C31H56N2O/c1-4-5-6-7-8-9-10-11-12-13-14-15-16-17-18-19-20-24-27-30(31(34)33(2)3)32-28-29-25-22-21-23-26-29/h21-23,25-26,30,32H,4-20,24,27-28H2,1-3H3. The maximum absolute atomic E-state index is 12.5. The van der Waals surface area contributed by atoms with Gasteiger partial charge in [-0.15, -0.1) is 0 Å². The maximum Gasteiger partial charge on any atom is 0.239 e. The van der Waals surface area contributed by atoms with Crippen LogP contribution in [0.3, 0.4) is 0 Å². The number of likely N-dealkylation sites (N-methyl/N-ethyl adjacent to an activating group) is 1. The molecule has 196 valence electrons. The van der Waals surface area contributed by atoms with E-state index in [4.69, 9.17) is 0 Å². The molecule has 1 N–H and O–H groups in total. The van der Waals surface area contributed by atoms with E-state index in [1.54, 1.807) is 4.90 Å². The zero-order valence-electron chi connectivity index (χ0n) is 23.0. The molecule has 1 aromatic carbocycles. The summed E-state index contributed by atoms with van der Waals surface area (Å²) in [6, 6.07) is 10.3. The molecule has 34 heavy (non-hydrogen) atoms. The van der Waals surface area contributed by atoms with Crippen molar-refractivity contribution >= 4 is 5.91 Å². The second kappa shape index (κ2) is 22.1. The molecular weight excluding hydrogens is 416 g/mol. The predicted molar refractivity (Wildman–Crippen MR) is 149 cm³/mol. The lowest BCUT2D eigenvalue weighted by molar-refractivity contribution is -0.131. The monoisotopic (exact) mass is 472 g/mol. The summed E-state index contributed by atoms with van der Waals surface area (Å²) in [5.74, 6) is 0.197. The highest BCUT2D eigenvalue weighted by Gasteiger charge is 2.19. The topological polar surface area (TPSA) is 32.3 Å². The first-order valence-corrected chi connectivity index (χ1v) is 14.6. The highest BCUT2D eigenvalue weighted by molar-refractivity contribution is 5.81. The summed E-state index contributed by atoms with van der Waals surface area (Å²) in [6.07, 6.45) is 25.9. The van der Waals surface area contributed by atoms with Crippen molar-refractivity contribution in [1.82, 2.24) is 10.2 Å². The van der Waals surface area contributed by atoms with Crippen LogP contribution in [0.15, 0.2) is 30.3 Å². The molecule has 1 aromatic rings. The van der Waals surface area contributed by atoms with Crippen molar-refractivity contribution in [2.75, 3.05) is 14.1 Å². The van der Waals surface area contributed by atoms with Gasteiger partial charge in [0.15, 0.2) is 0 Å². The van der Waals surface area contributed by atoms with Crippen molar-refractivity contribution in [2.24, 2.45) is 0 Å². The summed E-state index contributed by atoms with van der Waals surface area (Å²) in [5, 5.41) is 3.48. The van der Waals surface area contributed by atoms with Gasteiger partial charge >= 0.3 is 0 Å². The van der Waals surface area contributed by atoms with Gasteiger partial charge in [-0.3, -0.25) is 4.79 Å². The SMILES string of the molecule is CCCCCCCCCCCCCCCCCCCCC(NCc1ccccc1)C(=O)N(C)C. The van der Waals surface area contributed by atoms with E-state index in [0.29, 0.717) is 0 Å². The minimum absolute atomic E-state index is 0.0729. The van der Waals surface area contributed by atoms with Crippen LogP contribution in [0.25, 0.3) is 0 Å². The smallest absolute Gasteiger partial charge is 0.239 e. The first kappa shape index (κ1) is 30.7. The summed E-state index contributed by atoms with van der Waals surface area (Å²) < 4.78 is 0. The molecule has 0 aliphatic heterocycles. The number of unbranched alkanes of at least 4 members (excludes halogenated alkanes) is 17. The lowest BCUT2D eigenvalue weighted by Crippen LogP contribution is -2.43. The number of nitrogens with zero attached hydrogens (tertiary/aromatic N) is 1. The van der Waals surface area contributed by atoms with Crippen LogP contribution in [-0.4, -0.2) is 30.9 Å². The molecule has 0 fully saturated rings. The molecule has 0 saturated heterocycles. The average Bonchev–Trinajstić information content (AvgIpc) is 2.85. The molecule has 0 radical (unpaired) electrons. The van der Waals surface area contributed by atoms with Gasteiger partial charge in [0.1, 0.15) is 0 Å². The van der Waals surface area contributed by atoms with E-state index in [2.05, 4.69) is 36.5 Å².